The molecule has 7 nitrogen and oxygen atoms in total. The smallest absolute Gasteiger partial charge is 0.345 e. The second kappa shape index (κ2) is 9.63. The molecule has 1 aliphatic carbocycles. The first-order chi connectivity index (χ1) is 13.2. The highest BCUT2D eigenvalue weighted by molar-refractivity contribution is 14.0. The molecule has 2 aliphatic heterocycles. The fourth-order valence-electron chi connectivity index (χ4n) is 5.18. The summed E-state index contributed by atoms with van der Waals surface area (Å²) in [5.41, 5.74) is 0.603. The van der Waals surface area contributed by atoms with Gasteiger partial charge in [-0.25, -0.2) is 9.48 Å². The van der Waals surface area contributed by atoms with Gasteiger partial charge in [0.25, 0.3) is 0 Å². The van der Waals surface area contributed by atoms with Gasteiger partial charge in [0.05, 0.1) is 0 Å². The monoisotopic (exact) mass is 502 g/mol. The molecule has 0 unspecified atom stereocenters. The fraction of sp³-hybridized carbons (Fsp3) is 0.850. The molecular weight excluding hydrogens is 467 g/mol. The largest absolute Gasteiger partial charge is 0.356 e. The molecule has 2 fully saturated rings. The number of guanidine groups is 1. The van der Waals surface area contributed by atoms with Crippen molar-refractivity contribution in [2.24, 2.45) is 10.4 Å². The number of aliphatic imine (C=N–C) groups is 1. The van der Waals surface area contributed by atoms with E-state index in [1.807, 2.05) is 11.6 Å². The fourth-order valence-corrected chi connectivity index (χ4v) is 5.18. The van der Waals surface area contributed by atoms with Crippen molar-refractivity contribution in [2.75, 3.05) is 26.7 Å². The van der Waals surface area contributed by atoms with Crippen LogP contribution in [-0.2, 0) is 19.5 Å². The summed E-state index contributed by atoms with van der Waals surface area (Å²) in [5, 5.41) is 8.03. The number of halogens is 1. The van der Waals surface area contributed by atoms with E-state index in [2.05, 4.69) is 20.3 Å². The number of aryl methyl sites for hydroxylation is 2. The third kappa shape index (κ3) is 4.57. The molecule has 1 aromatic rings. The number of fused-ring (bicyclic) bond motifs is 1. The molecule has 1 N–H and O–H groups in total. The minimum atomic E-state index is 0. The van der Waals surface area contributed by atoms with E-state index in [-0.39, 0.29) is 29.7 Å². The van der Waals surface area contributed by atoms with Crippen LogP contribution >= 0.6 is 24.0 Å². The molecule has 1 spiro atoms. The zero-order valence-electron chi connectivity index (χ0n) is 17.2. The Bertz CT molecular complexity index is 734. The van der Waals surface area contributed by atoms with Crippen molar-refractivity contribution < 1.29 is 0 Å². The van der Waals surface area contributed by atoms with Gasteiger partial charge < -0.3 is 10.2 Å². The summed E-state index contributed by atoms with van der Waals surface area (Å²) in [7, 11) is 1.88. The van der Waals surface area contributed by atoms with Gasteiger partial charge in [0.1, 0.15) is 5.82 Å². The van der Waals surface area contributed by atoms with Crippen molar-refractivity contribution >= 4 is 29.9 Å². The molecule has 0 bridgehead atoms. The van der Waals surface area contributed by atoms with Crippen LogP contribution in [0, 0.1) is 5.41 Å². The Hall–Kier alpha value is -1.06. The Morgan fingerprint density at radius 3 is 2.71 bits per heavy atom. The normalized spacial score (nSPS) is 21.5. The predicted octanol–water partition coefficient (Wildman–Crippen LogP) is 2.62. The van der Waals surface area contributed by atoms with E-state index in [4.69, 9.17) is 0 Å². The maximum absolute atomic E-state index is 12.4. The molecule has 3 heterocycles. The van der Waals surface area contributed by atoms with E-state index in [1.54, 1.807) is 4.68 Å². The van der Waals surface area contributed by atoms with Crippen LogP contribution < -0.4 is 11.0 Å². The number of hydrogen-bond acceptors (Lipinski definition) is 3. The zero-order chi connectivity index (χ0) is 18.7. The standard InChI is InChI=1S/C20H34N6O.HI/c1-21-18(24-15-11-20(16-24)9-4-2-5-10-20)22-12-7-14-26-19(27)25-13-6-3-8-17(25)23-26;/h2-16H2,1H3,(H,21,22);1H. The lowest BCUT2D eigenvalue weighted by Gasteiger charge is -2.33. The molecule has 3 aliphatic rings. The minimum Gasteiger partial charge on any atom is -0.356 e. The lowest BCUT2D eigenvalue weighted by Crippen LogP contribution is -2.42. The van der Waals surface area contributed by atoms with Gasteiger partial charge >= 0.3 is 5.69 Å². The molecular formula is C20H35IN6O. The number of nitrogens with zero attached hydrogens (tertiary/aromatic N) is 5. The molecule has 1 saturated heterocycles. The summed E-state index contributed by atoms with van der Waals surface area (Å²) in [6.45, 7) is 4.60. The van der Waals surface area contributed by atoms with Crippen molar-refractivity contribution in [3.63, 3.8) is 0 Å². The lowest BCUT2D eigenvalue weighted by atomic mass is 9.73. The molecule has 0 aromatic carbocycles. The second-order valence-corrected chi connectivity index (χ2v) is 8.59. The molecule has 158 valence electrons. The van der Waals surface area contributed by atoms with Gasteiger partial charge in [-0.3, -0.25) is 9.56 Å². The van der Waals surface area contributed by atoms with Gasteiger partial charge in [-0.15, -0.1) is 24.0 Å². The minimum absolute atomic E-state index is 0. The van der Waals surface area contributed by atoms with Crippen LogP contribution in [0.25, 0.3) is 0 Å². The molecule has 1 aromatic heterocycles. The molecule has 0 atom stereocenters. The van der Waals surface area contributed by atoms with Crippen molar-refractivity contribution in [1.82, 2.24) is 24.6 Å². The number of rotatable bonds is 4. The number of nitrogens with one attached hydrogen (secondary N) is 1. The van der Waals surface area contributed by atoms with Crippen molar-refractivity contribution in [3.8, 4) is 0 Å². The Balaban J connectivity index is 0.00000225. The van der Waals surface area contributed by atoms with Gasteiger partial charge in [0, 0.05) is 46.2 Å². The van der Waals surface area contributed by atoms with E-state index in [0.29, 0.717) is 12.0 Å². The number of aromatic nitrogens is 3. The van der Waals surface area contributed by atoms with Crippen molar-refractivity contribution in [3.05, 3.63) is 16.3 Å². The summed E-state index contributed by atoms with van der Waals surface area (Å²) < 4.78 is 3.50. The van der Waals surface area contributed by atoms with E-state index in [1.165, 1.54) is 38.5 Å². The second-order valence-electron chi connectivity index (χ2n) is 8.59. The SMILES string of the molecule is CN=C(NCCCn1nc2n(c1=O)CCCC2)N1CCC2(CCCCC2)C1.I. The Kier molecular flexibility index (Phi) is 7.44. The molecule has 4 rings (SSSR count). The van der Waals surface area contributed by atoms with Crippen LogP contribution in [0.15, 0.2) is 9.79 Å². The first kappa shape index (κ1) is 21.6. The van der Waals surface area contributed by atoms with Gasteiger partial charge in [0.15, 0.2) is 5.96 Å². The Morgan fingerprint density at radius 2 is 1.96 bits per heavy atom. The van der Waals surface area contributed by atoms with Crippen LogP contribution in [-0.4, -0.2) is 51.9 Å². The third-order valence-corrected chi connectivity index (χ3v) is 6.73. The van der Waals surface area contributed by atoms with Crippen LogP contribution in [0.2, 0.25) is 0 Å². The van der Waals surface area contributed by atoms with E-state index >= 15 is 0 Å². The van der Waals surface area contributed by atoms with Gasteiger partial charge in [-0.05, 0) is 43.9 Å². The van der Waals surface area contributed by atoms with E-state index < -0.39 is 0 Å². The average molecular weight is 502 g/mol. The Morgan fingerprint density at radius 1 is 1.14 bits per heavy atom. The Labute approximate surface area is 185 Å². The van der Waals surface area contributed by atoms with Gasteiger partial charge in [-0.2, -0.15) is 5.10 Å². The quantitative estimate of drug-likeness (QED) is 0.298. The lowest BCUT2D eigenvalue weighted by molar-refractivity contribution is 0.203. The van der Waals surface area contributed by atoms with E-state index in [0.717, 1.165) is 63.6 Å². The van der Waals surface area contributed by atoms with E-state index in [9.17, 15) is 4.79 Å². The highest BCUT2D eigenvalue weighted by Crippen LogP contribution is 2.43. The summed E-state index contributed by atoms with van der Waals surface area (Å²) in [4.78, 5) is 19.3. The predicted molar refractivity (Wildman–Crippen MR) is 123 cm³/mol. The van der Waals surface area contributed by atoms with Crippen LogP contribution in [0.5, 0.6) is 0 Å². The molecule has 0 amide bonds. The molecule has 1 saturated carbocycles. The number of hydrogen-bond donors (Lipinski definition) is 1. The maximum atomic E-state index is 12.4. The van der Waals surface area contributed by atoms with Gasteiger partial charge in [0.2, 0.25) is 0 Å². The summed E-state index contributed by atoms with van der Waals surface area (Å²) in [6, 6.07) is 0. The average Bonchev–Trinajstić information content (AvgIpc) is 3.24. The van der Waals surface area contributed by atoms with Gasteiger partial charge in [-0.1, -0.05) is 19.3 Å². The first-order valence-electron chi connectivity index (χ1n) is 10.8. The number of likely N-dealkylation sites (tertiary alicyclic amines) is 1. The highest BCUT2D eigenvalue weighted by atomic mass is 127. The van der Waals surface area contributed by atoms with Crippen LogP contribution in [0.4, 0.5) is 0 Å². The topological polar surface area (TPSA) is 67.5 Å². The summed E-state index contributed by atoms with van der Waals surface area (Å²) in [6.07, 6.45) is 12.3. The molecule has 8 heteroatoms. The highest BCUT2D eigenvalue weighted by Gasteiger charge is 2.39. The van der Waals surface area contributed by atoms with Crippen LogP contribution in [0.3, 0.4) is 0 Å². The molecule has 0 radical (unpaired) electrons. The maximum Gasteiger partial charge on any atom is 0.345 e. The third-order valence-electron chi connectivity index (χ3n) is 6.73. The zero-order valence-corrected chi connectivity index (χ0v) is 19.5. The summed E-state index contributed by atoms with van der Waals surface area (Å²) >= 11 is 0. The van der Waals surface area contributed by atoms with Crippen LogP contribution in [0.1, 0.15) is 63.6 Å². The summed E-state index contributed by atoms with van der Waals surface area (Å²) in [5.74, 6) is 1.98. The van der Waals surface area contributed by atoms with Crippen molar-refractivity contribution in [1.29, 1.82) is 0 Å². The first-order valence-corrected chi connectivity index (χ1v) is 10.8. The molecule has 28 heavy (non-hydrogen) atoms. The van der Waals surface area contributed by atoms with Crippen molar-refractivity contribution in [2.45, 2.75) is 77.3 Å².